The Morgan fingerprint density at radius 1 is 1.28 bits per heavy atom. The quantitative estimate of drug-likeness (QED) is 0.845. The van der Waals surface area contributed by atoms with Crippen LogP contribution >= 0.6 is 0 Å². The van der Waals surface area contributed by atoms with Gasteiger partial charge < -0.3 is 5.32 Å². The van der Waals surface area contributed by atoms with Gasteiger partial charge in [-0.25, -0.2) is 8.42 Å². The number of amides is 1. The first-order valence-corrected chi connectivity index (χ1v) is 9.42. The molecule has 1 aromatic carbocycles. The van der Waals surface area contributed by atoms with Gasteiger partial charge in [0, 0.05) is 26.7 Å². The van der Waals surface area contributed by atoms with E-state index in [0.29, 0.717) is 12.2 Å². The van der Waals surface area contributed by atoms with E-state index in [2.05, 4.69) is 10.4 Å². The number of benzene rings is 1. The number of hydrogen-bond donors (Lipinski definition) is 1. The molecule has 0 aliphatic carbocycles. The zero-order valence-electron chi connectivity index (χ0n) is 15.1. The maximum Gasteiger partial charge on any atom is 0.269 e. The lowest BCUT2D eigenvalue weighted by atomic mass is 10.2. The van der Waals surface area contributed by atoms with Crippen molar-refractivity contribution < 1.29 is 13.2 Å². The molecule has 2 rings (SSSR count). The second-order valence-electron chi connectivity index (χ2n) is 6.24. The molecule has 25 heavy (non-hydrogen) atoms. The average Bonchev–Trinajstić information content (AvgIpc) is 2.90. The van der Waals surface area contributed by atoms with Crippen molar-refractivity contribution in [3.8, 4) is 0 Å². The third-order valence-electron chi connectivity index (χ3n) is 4.02. The summed E-state index contributed by atoms with van der Waals surface area (Å²) in [5.74, 6) is -0.223. The maximum absolute atomic E-state index is 12.4. The first kappa shape index (κ1) is 19.1. The largest absolute Gasteiger partial charge is 0.347 e. The first-order valence-electron chi connectivity index (χ1n) is 7.98. The highest BCUT2D eigenvalue weighted by atomic mass is 32.2. The number of aromatic nitrogens is 2. The molecule has 0 atom stereocenters. The molecule has 0 radical (unpaired) electrons. The molecule has 7 nitrogen and oxygen atoms in total. The Labute approximate surface area is 148 Å². The van der Waals surface area contributed by atoms with E-state index in [1.54, 1.807) is 44.4 Å². The van der Waals surface area contributed by atoms with Crippen LogP contribution in [-0.4, -0.2) is 41.5 Å². The summed E-state index contributed by atoms with van der Waals surface area (Å²) in [5, 5.41) is 6.95. The lowest BCUT2D eigenvalue weighted by Crippen LogP contribution is -2.33. The number of nitrogens with one attached hydrogen (secondary N) is 1. The Hall–Kier alpha value is -2.19. The number of carbonyl (C=O) groups excluding carboxylic acids is 1. The first-order chi connectivity index (χ1) is 11.6. The van der Waals surface area contributed by atoms with Crippen LogP contribution in [0.15, 0.2) is 35.2 Å². The molecule has 0 spiro atoms. The molecule has 1 heterocycles. The summed E-state index contributed by atoms with van der Waals surface area (Å²) >= 11 is 0. The summed E-state index contributed by atoms with van der Waals surface area (Å²) in [4.78, 5) is 12.4. The molecule has 136 valence electrons. The van der Waals surface area contributed by atoms with Gasteiger partial charge in [0.1, 0.15) is 5.69 Å². The van der Waals surface area contributed by atoms with Crippen LogP contribution in [0.25, 0.3) is 0 Å². The summed E-state index contributed by atoms with van der Waals surface area (Å²) in [6, 6.07) is 8.12. The Morgan fingerprint density at radius 2 is 1.88 bits per heavy atom. The third-order valence-corrected chi connectivity index (χ3v) is 6.06. The Kier molecular flexibility index (Phi) is 5.64. The fourth-order valence-corrected chi connectivity index (χ4v) is 3.69. The van der Waals surface area contributed by atoms with Gasteiger partial charge in [0.25, 0.3) is 5.91 Å². The van der Waals surface area contributed by atoms with Crippen LogP contribution < -0.4 is 5.32 Å². The summed E-state index contributed by atoms with van der Waals surface area (Å²) in [7, 11) is -0.223. The van der Waals surface area contributed by atoms with E-state index >= 15 is 0 Å². The van der Waals surface area contributed by atoms with Crippen molar-refractivity contribution in [2.24, 2.45) is 7.05 Å². The number of carbonyl (C=O) groups is 1. The van der Waals surface area contributed by atoms with Gasteiger partial charge in [-0.05, 0) is 44.5 Å². The van der Waals surface area contributed by atoms with Gasteiger partial charge in [0.15, 0.2) is 0 Å². The molecule has 8 heteroatoms. The van der Waals surface area contributed by atoms with Gasteiger partial charge in [-0.1, -0.05) is 12.1 Å². The smallest absolute Gasteiger partial charge is 0.269 e. The van der Waals surface area contributed by atoms with Crippen LogP contribution in [-0.2, 0) is 23.6 Å². The van der Waals surface area contributed by atoms with Gasteiger partial charge in [-0.3, -0.25) is 9.48 Å². The summed E-state index contributed by atoms with van der Waals surface area (Å²) < 4.78 is 27.7. The fraction of sp³-hybridized carbons (Fsp3) is 0.412. The highest BCUT2D eigenvalue weighted by Gasteiger charge is 2.22. The normalized spacial score (nSPS) is 12.0. The SMILES string of the molecule is Cc1cc(C(=O)NCc2ccc(S(=O)(=O)N(C)C(C)C)cc2)n(C)n1. The van der Waals surface area contributed by atoms with Crippen LogP contribution in [0.5, 0.6) is 0 Å². The van der Waals surface area contributed by atoms with Gasteiger partial charge in [-0.2, -0.15) is 9.40 Å². The molecule has 0 saturated carbocycles. The van der Waals surface area contributed by atoms with Crippen LogP contribution in [0.4, 0.5) is 0 Å². The Balaban J connectivity index is 2.06. The lowest BCUT2D eigenvalue weighted by molar-refractivity contribution is 0.0941. The highest BCUT2D eigenvalue weighted by Crippen LogP contribution is 2.17. The van der Waals surface area contributed by atoms with Gasteiger partial charge in [0.2, 0.25) is 10.0 Å². The van der Waals surface area contributed by atoms with E-state index in [1.807, 2.05) is 20.8 Å². The standard InChI is InChI=1S/C17H24N4O3S/c1-12(2)21(5)25(23,24)15-8-6-14(7-9-15)11-18-17(22)16-10-13(3)19-20(16)4/h6-10,12H,11H2,1-5H3,(H,18,22). The molecule has 0 fully saturated rings. The molecule has 0 aliphatic rings. The van der Waals surface area contributed by atoms with Crippen molar-refractivity contribution in [1.82, 2.24) is 19.4 Å². The topological polar surface area (TPSA) is 84.3 Å². The minimum Gasteiger partial charge on any atom is -0.347 e. The molecule has 0 unspecified atom stereocenters. The van der Waals surface area contributed by atoms with Gasteiger partial charge in [0.05, 0.1) is 10.6 Å². The summed E-state index contributed by atoms with van der Waals surface area (Å²) in [5.41, 5.74) is 2.07. The second-order valence-corrected chi connectivity index (χ2v) is 8.23. The summed E-state index contributed by atoms with van der Waals surface area (Å²) in [6.07, 6.45) is 0. The van der Waals surface area contributed by atoms with Crippen LogP contribution in [0.1, 0.15) is 35.6 Å². The third kappa shape index (κ3) is 4.26. The fourth-order valence-electron chi connectivity index (χ4n) is 2.32. The number of aryl methyl sites for hydroxylation is 2. The zero-order chi connectivity index (χ0) is 18.8. The molecule has 0 aliphatic heterocycles. The monoisotopic (exact) mass is 364 g/mol. The number of sulfonamides is 1. The van der Waals surface area contributed by atoms with Crippen molar-refractivity contribution in [3.05, 3.63) is 47.3 Å². The number of hydrogen-bond acceptors (Lipinski definition) is 4. The van der Waals surface area contributed by atoms with Crippen molar-refractivity contribution in [2.45, 2.75) is 38.3 Å². The molecule has 2 aromatic rings. The lowest BCUT2D eigenvalue weighted by Gasteiger charge is -2.21. The van der Waals surface area contributed by atoms with Crippen molar-refractivity contribution in [1.29, 1.82) is 0 Å². The molecular weight excluding hydrogens is 340 g/mol. The molecular formula is C17H24N4O3S. The predicted molar refractivity (Wildman–Crippen MR) is 95.6 cm³/mol. The molecule has 1 amide bonds. The van der Waals surface area contributed by atoms with E-state index in [0.717, 1.165) is 11.3 Å². The Morgan fingerprint density at radius 3 is 2.36 bits per heavy atom. The van der Waals surface area contributed by atoms with Crippen molar-refractivity contribution in [2.75, 3.05) is 7.05 Å². The minimum atomic E-state index is -3.50. The number of nitrogens with zero attached hydrogens (tertiary/aromatic N) is 3. The summed E-state index contributed by atoms with van der Waals surface area (Å²) in [6.45, 7) is 5.77. The van der Waals surface area contributed by atoms with Crippen molar-refractivity contribution in [3.63, 3.8) is 0 Å². The van der Waals surface area contributed by atoms with Gasteiger partial charge >= 0.3 is 0 Å². The van der Waals surface area contributed by atoms with E-state index < -0.39 is 10.0 Å². The predicted octanol–water partition coefficient (Wildman–Crippen LogP) is 1.69. The van der Waals surface area contributed by atoms with E-state index in [9.17, 15) is 13.2 Å². The molecule has 1 N–H and O–H groups in total. The van der Waals surface area contributed by atoms with Crippen LogP contribution in [0, 0.1) is 6.92 Å². The van der Waals surface area contributed by atoms with Crippen LogP contribution in [0.2, 0.25) is 0 Å². The molecule has 0 saturated heterocycles. The van der Waals surface area contributed by atoms with Gasteiger partial charge in [-0.15, -0.1) is 0 Å². The minimum absolute atomic E-state index is 0.119. The van der Waals surface area contributed by atoms with Crippen LogP contribution in [0.3, 0.4) is 0 Å². The molecule has 1 aromatic heterocycles. The molecule has 0 bridgehead atoms. The van der Waals surface area contributed by atoms with E-state index in [1.165, 1.54) is 8.99 Å². The second kappa shape index (κ2) is 7.37. The van der Waals surface area contributed by atoms with E-state index in [4.69, 9.17) is 0 Å². The highest BCUT2D eigenvalue weighted by molar-refractivity contribution is 7.89. The van der Waals surface area contributed by atoms with E-state index in [-0.39, 0.29) is 16.8 Å². The Bertz CT molecular complexity index is 855. The number of rotatable bonds is 6. The zero-order valence-corrected chi connectivity index (χ0v) is 16.0. The maximum atomic E-state index is 12.4. The van der Waals surface area contributed by atoms with Crippen molar-refractivity contribution >= 4 is 15.9 Å². The average molecular weight is 364 g/mol.